The summed E-state index contributed by atoms with van der Waals surface area (Å²) in [6, 6.07) is 10.1. The minimum Gasteiger partial charge on any atom is -0.497 e. The smallest absolute Gasteiger partial charge is 0.126 e. The van der Waals surface area contributed by atoms with Gasteiger partial charge in [-0.25, -0.2) is 0 Å². The number of aryl methyl sites for hydroxylation is 1. The third-order valence-corrected chi connectivity index (χ3v) is 5.36. The Balaban J connectivity index is 2.59. The lowest BCUT2D eigenvalue weighted by Crippen LogP contribution is -2.03. The number of rotatable bonds is 4. The first-order valence-corrected chi connectivity index (χ1v) is 8.32. The molecule has 4 heteroatoms. The second kappa shape index (κ2) is 6.84. The molecule has 2 aromatic carbocycles. The van der Waals surface area contributed by atoms with E-state index in [2.05, 4.69) is 57.8 Å². The third-order valence-electron chi connectivity index (χ3n) is 3.55. The lowest BCUT2D eigenvalue weighted by Gasteiger charge is -2.21. The van der Waals surface area contributed by atoms with Crippen molar-refractivity contribution in [2.24, 2.45) is 0 Å². The molecular formula is C17H18Br2O2. The number of ether oxygens (including phenoxy) is 2. The standard InChI is InChI=1S/C17H18Br2O2/c1-10-8-14(18)11(2)15(17(10)21-4)16(19)12-6-5-7-13(9-12)20-3/h5-9,16H,1-4H3. The lowest BCUT2D eigenvalue weighted by atomic mass is 9.97. The van der Waals surface area contributed by atoms with Gasteiger partial charge in [-0.1, -0.05) is 44.0 Å². The van der Waals surface area contributed by atoms with E-state index in [0.29, 0.717) is 0 Å². The van der Waals surface area contributed by atoms with Crippen LogP contribution in [0.15, 0.2) is 34.8 Å². The number of halogens is 2. The summed E-state index contributed by atoms with van der Waals surface area (Å²) in [6.45, 7) is 4.15. The maximum Gasteiger partial charge on any atom is 0.126 e. The fourth-order valence-electron chi connectivity index (χ4n) is 2.42. The van der Waals surface area contributed by atoms with Crippen LogP contribution in [0.4, 0.5) is 0 Å². The van der Waals surface area contributed by atoms with Crippen molar-refractivity contribution in [3.8, 4) is 11.5 Å². The van der Waals surface area contributed by atoms with Crippen LogP contribution >= 0.6 is 31.9 Å². The SMILES string of the molecule is COc1cccc(C(Br)c2c(C)c(Br)cc(C)c2OC)c1. The van der Waals surface area contributed by atoms with Gasteiger partial charge in [-0.05, 0) is 48.7 Å². The van der Waals surface area contributed by atoms with Crippen LogP contribution in [0.2, 0.25) is 0 Å². The van der Waals surface area contributed by atoms with E-state index in [9.17, 15) is 0 Å². The highest BCUT2D eigenvalue weighted by atomic mass is 79.9. The van der Waals surface area contributed by atoms with Gasteiger partial charge in [0.05, 0.1) is 19.0 Å². The summed E-state index contributed by atoms with van der Waals surface area (Å²) >= 11 is 7.44. The monoisotopic (exact) mass is 412 g/mol. The lowest BCUT2D eigenvalue weighted by molar-refractivity contribution is 0.406. The maximum absolute atomic E-state index is 5.63. The molecule has 0 spiro atoms. The average molecular weight is 414 g/mol. The van der Waals surface area contributed by atoms with Crippen LogP contribution in [-0.2, 0) is 0 Å². The summed E-state index contributed by atoms with van der Waals surface area (Å²) in [6.07, 6.45) is 0. The number of alkyl halides is 1. The van der Waals surface area contributed by atoms with Gasteiger partial charge < -0.3 is 9.47 Å². The molecule has 0 fully saturated rings. The van der Waals surface area contributed by atoms with Gasteiger partial charge in [0.1, 0.15) is 11.5 Å². The quantitative estimate of drug-likeness (QED) is 0.610. The van der Waals surface area contributed by atoms with E-state index in [1.54, 1.807) is 14.2 Å². The summed E-state index contributed by atoms with van der Waals surface area (Å²) in [7, 11) is 3.39. The molecule has 2 nitrogen and oxygen atoms in total. The molecule has 0 aliphatic heterocycles. The van der Waals surface area contributed by atoms with Gasteiger partial charge in [-0.2, -0.15) is 0 Å². The molecule has 0 bridgehead atoms. The summed E-state index contributed by atoms with van der Waals surface area (Å²) in [5.74, 6) is 1.76. The number of hydrogen-bond donors (Lipinski definition) is 0. The van der Waals surface area contributed by atoms with Crippen molar-refractivity contribution < 1.29 is 9.47 Å². The van der Waals surface area contributed by atoms with E-state index in [4.69, 9.17) is 9.47 Å². The van der Waals surface area contributed by atoms with E-state index in [1.165, 1.54) is 5.56 Å². The Morgan fingerprint density at radius 3 is 2.38 bits per heavy atom. The van der Waals surface area contributed by atoms with Gasteiger partial charge >= 0.3 is 0 Å². The molecule has 0 aliphatic carbocycles. The fourth-order valence-corrected chi connectivity index (χ4v) is 3.81. The fraction of sp³-hybridized carbons (Fsp3) is 0.294. The molecule has 1 unspecified atom stereocenters. The van der Waals surface area contributed by atoms with E-state index >= 15 is 0 Å². The molecule has 0 saturated heterocycles. The first-order chi connectivity index (χ1) is 9.99. The second-order valence-electron chi connectivity index (χ2n) is 4.89. The van der Waals surface area contributed by atoms with Crippen molar-refractivity contribution in [1.29, 1.82) is 0 Å². The Bertz CT molecular complexity index is 653. The maximum atomic E-state index is 5.63. The summed E-state index contributed by atoms with van der Waals surface area (Å²) in [5.41, 5.74) is 4.55. The Kier molecular flexibility index (Phi) is 5.33. The van der Waals surface area contributed by atoms with Gasteiger partial charge in [0.25, 0.3) is 0 Å². The Hall–Kier alpha value is -1.00. The Labute approximate surface area is 142 Å². The highest BCUT2D eigenvalue weighted by molar-refractivity contribution is 9.10. The molecule has 0 aliphatic rings. The van der Waals surface area contributed by atoms with Gasteiger partial charge in [0.2, 0.25) is 0 Å². The molecule has 0 amide bonds. The summed E-state index contributed by atoms with van der Waals surface area (Å²) < 4.78 is 12.0. The molecule has 2 rings (SSSR count). The molecule has 0 aromatic heterocycles. The number of methoxy groups -OCH3 is 2. The van der Waals surface area contributed by atoms with Crippen LogP contribution in [0.3, 0.4) is 0 Å². The largest absolute Gasteiger partial charge is 0.497 e. The number of hydrogen-bond acceptors (Lipinski definition) is 2. The zero-order valence-electron chi connectivity index (χ0n) is 12.5. The average Bonchev–Trinajstić information content (AvgIpc) is 2.50. The molecule has 0 saturated carbocycles. The van der Waals surface area contributed by atoms with Gasteiger partial charge in [0, 0.05) is 10.0 Å². The Morgan fingerprint density at radius 2 is 1.76 bits per heavy atom. The predicted octanol–water partition coefficient (Wildman–Crippen LogP) is 5.57. The summed E-state index contributed by atoms with van der Waals surface area (Å²) in [4.78, 5) is 0.0405. The van der Waals surface area contributed by atoms with Gasteiger partial charge in [0.15, 0.2) is 0 Å². The van der Waals surface area contributed by atoms with Crippen molar-refractivity contribution >= 4 is 31.9 Å². The van der Waals surface area contributed by atoms with Crippen LogP contribution in [0, 0.1) is 13.8 Å². The van der Waals surface area contributed by atoms with Crippen LogP contribution in [0.25, 0.3) is 0 Å². The zero-order valence-corrected chi connectivity index (χ0v) is 15.7. The van der Waals surface area contributed by atoms with Crippen LogP contribution in [-0.4, -0.2) is 14.2 Å². The highest BCUT2D eigenvalue weighted by Gasteiger charge is 2.21. The molecule has 0 N–H and O–H groups in total. The molecular weight excluding hydrogens is 396 g/mol. The van der Waals surface area contributed by atoms with E-state index in [1.807, 2.05) is 18.2 Å². The normalized spacial score (nSPS) is 12.1. The molecule has 21 heavy (non-hydrogen) atoms. The highest BCUT2D eigenvalue weighted by Crippen LogP contribution is 2.43. The van der Waals surface area contributed by atoms with E-state index in [0.717, 1.165) is 32.7 Å². The van der Waals surface area contributed by atoms with E-state index < -0.39 is 0 Å². The zero-order chi connectivity index (χ0) is 15.6. The van der Waals surface area contributed by atoms with Crippen molar-refractivity contribution in [2.75, 3.05) is 14.2 Å². The summed E-state index contributed by atoms with van der Waals surface area (Å²) in [5, 5.41) is 0. The van der Waals surface area contributed by atoms with Crippen LogP contribution in [0.5, 0.6) is 11.5 Å². The topological polar surface area (TPSA) is 18.5 Å². The van der Waals surface area contributed by atoms with Gasteiger partial charge in [-0.3, -0.25) is 0 Å². The molecule has 112 valence electrons. The Morgan fingerprint density at radius 1 is 1.05 bits per heavy atom. The third kappa shape index (κ3) is 3.27. The van der Waals surface area contributed by atoms with Crippen molar-refractivity contribution in [3.63, 3.8) is 0 Å². The van der Waals surface area contributed by atoms with E-state index in [-0.39, 0.29) is 4.83 Å². The van der Waals surface area contributed by atoms with Crippen LogP contribution in [0.1, 0.15) is 27.1 Å². The molecule has 0 heterocycles. The molecule has 1 atom stereocenters. The van der Waals surface area contributed by atoms with Crippen LogP contribution < -0.4 is 9.47 Å². The number of benzene rings is 2. The van der Waals surface area contributed by atoms with Gasteiger partial charge in [-0.15, -0.1) is 0 Å². The van der Waals surface area contributed by atoms with Crippen molar-refractivity contribution in [2.45, 2.75) is 18.7 Å². The minimum absolute atomic E-state index is 0.0405. The van der Waals surface area contributed by atoms with Crippen molar-refractivity contribution in [3.05, 3.63) is 57.1 Å². The van der Waals surface area contributed by atoms with Crippen molar-refractivity contribution in [1.82, 2.24) is 0 Å². The second-order valence-corrected chi connectivity index (χ2v) is 6.66. The molecule has 2 aromatic rings. The minimum atomic E-state index is 0.0405. The first kappa shape index (κ1) is 16.4. The molecule has 0 radical (unpaired) electrons. The predicted molar refractivity (Wildman–Crippen MR) is 93.9 cm³/mol. The first-order valence-electron chi connectivity index (χ1n) is 6.61.